The largest absolute Gasteiger partial charge is 0.494 e. The van der Waals surface area contributed by atoms with Gasteiger partial charge in [-0.1, -0.05) is 58.3 Å². The van der Waals surface area contributed by atoms with Gasteiger partial charge in [-0.25, -0.2) is 9.59 Å². The second-order valence-electron chi connectivity index (χ2n) is 10.0. The van der Waals surface area contributed by atoms with Gasteiger partial charge in [0.15, 0.2) is 0 Å². The normalized spacial score (nSPS) is 11.7. The van der Waals surface area contributed by atoms with E-state index in [2.05, 4.69) is 13.8 Å². The Labute approximate surface area is 235 Å². The molecule has 0 spiro atoms. The van der Waals surface area contributed by atoms with Gasteiger partial charge in [0, 0.05) is 6.61 Å². The molecule has 6 heteroatoms. The van der Waals surface area contributed by atoms with Crippen LogP contribution in [0.3, 0.4) is 0 Å². The number of carbonyl (C=O) groups excluding carboxylic acids is 2. The van der Waals surface area contributed by atoms with Crippen molar-refractivity contribution >= 4 is 11.9 Å². The monoisotopic (exact) mass is 540 g/mol. The lowest BCUT2D eigenvalue weighted by molar-refractivity contribution is 0.0488. The van der Waals surface area contributed by atoms with Crippen LogP contribution in [-0.2, 0) is 9.47 Å². The van der Waals surface area contributed by atoms with Gasteiger partial charge in [-0.2, -0.15) is 0 Å². The number of esters is 2. The SMILES string of the molecule is CCCCCCCCCCOc1ccc(C(=O)Oc2ccc(C(=O)OCCCCCC(C)OCC)cc2)cc1. The van der Waals surface area contributed by atoms with Crippen LogP contribution >= 0.6 is 0 Å². The Balaban J connectivity index is 1.63. The van der Waals surface area contributed by atoms with Gasteiger partial charge in [0.05, 0.1) is 30.4 Å². The molecule has 1 atom stereocenters. The van der Waals surface area contributed by atoms with Crippen LogP contribution in [-0.4, -0.2) is 37.9 Å². The molecule has 0 bridgehead atoms. The summed E-state index contributed by atoms with van der Waals surface area (Å²) < 4.78 is 22.1. The van der Waals surface area contributed by atoms with E-state index in [4.69, 9.17) is 18.9 Å². The second kappa shape index (κ2) is 20.1. The smallest absolute Gasteiger partial charge is 0.343 e. The summed E-state index contributed by atoms with van der Waals surface area (Å²) in [5, 5.41) is 0. The molecule has 0 amide bonds. The minimum absolute atomic E-state index is 0.271. The van der Waals surface area contributed by atoms with Crippen molar-refractivity contribution in [1.82, 2.24) is 0 Å². The fourth-order valence-electron chi connectivity index (χ4n) is 4.26. The van der Waals surface area contributed by atoms with Crippen LogP contribution in [0.5, 0.6) is 11.5 Å². The Hall–Kier alpha value is -2.86. The number of hydrogen-bond donors (Lipinski definition) is 0. The number of carbonyl (C=O) groups is 2. The highest BCUT2D eigenvalue weighted by Gasteiger charge is 2.11. The van der Waals surface area contributed by atoms with Crippen molar-refractivity contribution in [1.29, 1.82) is 0 Å². The number of ether oxygens (including phenoxy) is 4. The van der Waals surface area contributed by atoms with Crippen molar-refractivity contribution in [2.24, 2.45) is 0 Å². The maximum Gasteiger partial charge on any atom is 0.343 e. The molecule has 2 rings (SSSR count). The van der Waals surface area contributed by atoms with E-state index < -0.39 is 5.97 Å². The first-order valence-electron chi connectivity index (χ1n) is 14.9. The Morgan fingerprint density at radius 1 is 0.641 bits per heavy atom. The highest BCUT2D eigenvalue weighted by molar-refractivity contribution is 5.92. The van der Waals surface area contributed by atoms with E-state index in [9.17, 15) is 9.59 Å². The zero-order valence-electron chi connectivity index (χ0n) is 24.3. The first-order valence-corrected chi connectivity index (χ1v) is 14.9. The number of unbranched alkanes of at least 4 members (excludes halogenated alkanes) is 9. The van der Waals surface area contributed by atoms with E-state index in [-0.39, 0.29) is 12.1 Å². The molecule has 0 saturated heterocycles. The Morgan fingerprint density at radius 2 is 1.18 bits per heavy atom. The predicted octanol–water partition coefficient (Wildman–Crippen LogP) is 8.57. The van der Waals surface area contributed by atoms with Crippen LogP contribution < -0.4 is 9.47 Å². The number of benzene rings is 2. The molecule has 0 aliphatic carbocycles. The molecule has 1 unspecified atom stereocenters. The van der Waals surface area contributed by atoms with Gasteiger partial charge in [-0.05, 0) is 88.1 Å². The van der Waals surface area contributed by atoms with Gasteiger partial charge >= 0.3 is 11.9 Å². The van der Waals surface area contributed by atoms with Gasteiger partial charge in [-0.3, -0.25) is 0 Å². The summed E-state index contributed by atoms with van der Waals surface area (Å²) in [5.74, 6) is 0.282. The lowest BCUT2D eigenvalue weighted by Gasteiger charge is -2.11. The van der Waals surface area contributed by atoms with Crippen molar-refractivity contribution in [3.05, 3.63) is 59.7 Å². The molecule has 6 nitrogen and oxygen atoms in total. The molecule has 0 heterocycles. The fourth-order valence-corrected chi connectivity index (χ4v) is 4.26. The first kappa shape index (κ1) is 32.4. The highest BCUT2D eigenvalue weighted by atomic mass is 16.5. The molecule has 0 aliphatic rings. The molecule has 0 N–H and O–H groups in total. The van der Waals surface area contributed by atoms with E-state index >= 15 is 0 Å². The van der Waals surface area contributed by atoms with Crippen LogP contribution in [0.15, 0.2) is 48.5 Å². The zero-order chi connectivity index (χ0) is 28.1. The lowest BCUT2D eigenvalue weighted by Crippen LogP contribution is -2.10. The standard InChI is InChI=1S/C33H48O6/c1-4-6-7-8-9-10-11-14-25-37-30-21-17-29(18-22-30)33(35)39-31-23-19-28(20-24-31)32(34)38-26-15-12-13-16-27(3)36-5-2/h17-24,27H,4-16,25-26H2,1-3H3. The maximum absolute atomic E-state index is 12.5. The van der Waals surface area contributed by atoms with E-state index in [1.165, 1.54) is 44.9 Å². The van der Waals surface area contributed by atoms with Gasteiger partial charge in [-0.15, -0.1) is 0 Å². The Morgan fingerprint density at radius 3 is 1.82 bits per heavy atom. The van der Waals surface area contributed by atoms with Crippen molar-refractivity contribution in [2.75, 3.05) is 19.8 Å². The van der Waals surface area contributed by atoms with Crippen LogP contribution in [0.1, 0.15) is 119 Å². The van der Waals surface area contributed by atoms with E-state index in [1.807, 2.05) is 6.92 Å². The van der Waals surface area contributed by atoms with Crippen LogP contribution in [0.2, 0.25) is 0 Å². The molecule has 2 aromatic rings. The number of rotatable bonds is 21. The summed E-state index contributed by atoms with van der Waals surface area (Å²) in [4.78, 5) is 24.8. The van der Waals surface area contributed by atoms with Crippen molar-refractivity contribution in [3.8, 4) is 11.5 Å². The molecule has 0 fully saturated rings. The Bertz CT molecular complexity index is 922. The summed E-state index contributed by atoms with van der Waals surface area (Å²) in [6.45, 7) is 8.12. The average molecular weight is 541 g/mol. The number of hydrogen-bond acceptors (Lipinski definition) is 6. The van der Waals surface area contributed by atoms with E-state index in [0.717, 1.165) is 44.5 Å². The summed E-state index contributed by atoms with van der Waals surface area (Å²) >= 11 is 0. The summed E-state index contributed by atoms with van der Waals surface area (Å²) in [6, 6.07) is 13.4. The third kappa shape index (κ3) is 14.2. The van der Waals surface area contributed by atoms with Crippen molar-refractivity contribution in [2.45, 2.75) is 104 Å². The minimum atomic E-state index is -0.460. The molecule has 0 saturated carbocycles. The molecule has 216 valence electrons. The molecule has 0 radical (unpaired) electrons. The molecular formula is C33H48O6. The van der Waals surface area contributed by atoms with Gasteiger partial charge in [0.1, 0.15) is 11.5 Å². The van der Waals surface area contributed by atoms with Crippen LogP contribution in [0.25, 0.3) is 0 Å². The average Bonchev–Trinajstić information content (AvgIpc) is 2.94. The summed E-state index contributed by atoms with van der Waals surface area (Å²) in [5.41, 5.74) is 0.867. The van der Waals surface area contributed by atoms with Crippen molar-refractivity contribution < 1.29 is 28.5 Å². The highest BCUT2D eigenvalue weighted by Crippen LogP contribution is 2.18. The topological polar surface area (TPSA) is 71.1 Å². The summed E-state index contributed by atoms with van der Waals surface area (Å²) in [7, 11) is 0. The predicted molar refractivity (Wildman–Crippen MR) is 156 cm³/mol. The molecule has 2 aromatic carbocycles. The molecule has 39 heavy (non-hydrogen) atoms. The quantitative estimate of drug-likeness (QED) is 0.0897. The molecule has 0 aliphatic heterocycles. The van der Waals surface area contributed by atoms with Gasteiger partial charge in [0.25, 0.3) is 0 Å². The first-order chi connectivity index (χ1) is 19.0. The fraction of sp³-hybridized carbons (Fsp3) is 0.576. The molecular weight excluding hydrogens is 492 g/mol. The second-order valence-corrected chi connectivity index (χ2v) is 10.0. The maximum atomic E-state index is 12.5. The summed E-state index contributed by atoms with van der Waals surface area (Å²) in [6.07, 6.45) is 14.2. The zero-order valence-corrected chi connectivity index (χ0v) is 24.3. The van der Waals surface area contributed by atoms with E-state index in [0.29, 0.717) is 30.1 Å². The Kier molecular flexibility index (Phi) is 16.7. The minimum Gasteiger partial charge on any atom is -0.494 e. The van der Waals surface area contributed by atoms with Gasteiger partial charge < -0.3 is 18.9 Å². The van der Waals surface area contributed by atoms with E-state index in [1.54, 1.807) is 48.5 Å². The van der Waals surface area contributed by atoms with Crippen molar-refractivity contribution in [3.63, 3.8) is 0 Å². The third-order valence-corrected chi connectivity index (χ3v) is 6.60. The van der Waals surface area contributed by atoms with Crippen LogP contribution in [0.4, 0.5) is 0 Å². The van der Waals surface area contributed by atoms with Crippen LogP contribution in [0, 0.1) is 0 Å². The lowest BCUT2D eigenvalue weighted by atomic mass is 10.1. The van der Waals surface area contributed by atoms with Gasteiger partial charge in [0.2, 0.25) is 0 Å². The third-order valence-electron chi connectivity index (χ3n) is 6.60. The molecule has 0 aromatic heterocycles.